The summed E-state index contributed by atoms with van der Waals surface area (Å²) in [6.45, 7) is 4.10. The van der Waals surface area contributed by atoms with Crippen molar-refractivity contribution in [2.75, 3.05) is 6.61 Å². The zero-order chi connectivity index (χ0) is 13.0. The summed E-state index contributed by atoms with van der Waals surface area (Å²) in [5.74, 6) is 0.243. The van der Waals surface area contributed by atoms with Crippen LogP contribution in [0.25, 0.3) is 0 Å². The lowest BCUT2D eigenvalue weighted by molar-refractivity contribution is 0.0512. The van der Waals surface area contributed by atoms with Crippen LogP contribution < -0.4 is 0 Å². The Kier molecular flexibility index (Phi) is 3.72. The SMILES string of the molecule is CCOC(=O)c1n[nH]c(Cc2cccc(C)c2)n1. The van der Waals surface area contributed by atoms with E-state index in [4.69, 9.17) is 4.74 Å². The van der Waals surface area contributed by atoms with Crippen molar-refractivity contribution in [3.05, 3.63) is 47.0 Å². The second-order valence-corrected chi connectivity index (χ2v) is 3.99. The van der Waals surface area contributed by atoms with Gasteiger partial charge in [0.05, 0.1) is 6.61 Å². The van der Waals surface area contributed by atoms with Gasteiger partial charge in [-0.05, 0) is 19.4 Å². The molecule has 1 heterocycles. The van der Waals surface area contributed by atoms with Crippen LogP contribution in [0.15, 0.2) is 24.3 Å². The van der Waals surface area contributed by atoms with E-state index in [1.54, 1.807) is 6.92 Å². The molecular formula is C13H15N3O2. The van der Waals surface area contributed by atoms with Crippen LogP contribution in [0.5, 0.6) is 0 Å². The minimum atomic E-state index is -0.496. The first-order valence-electron chi connectivity index (χ1n) is 5.83. The molecule has 18 heavy (non-hydrogen) atoms. The molecular weight excluding hydrogens is 230 g/mol. The summed E-state index contributed by atoms with van der Waals surface area (Å²) in [4.78, 5) is 15.5. The van der Waals surface area contributed by atoms with Gasteiger partial charge in [-0.2, -0.15) is 0 Å². The fourth-order valence-corrected chi connectivity index (χ4v) is 1.68. The van der Waals surface area contributed by atoms with E-state index < -0.39 is 5.97 Å². The average Bonchev–Trinajstić information content (AvgIpc) is 2.78. The number of carbonyl (C=O) groups excluding carboxylic acids is 1. The van der Waals surface area contributed by atoms with Crippen molar-refractivity contribution in [2.24, 2.45) is 0 Å². The highest BCUT2D eigenvalue weighted by Gasteiger charge is 2.13. The van der Waals surface area contributed by atoms with Crippen molar-refractivity contribution in [1.82, 2.24) is 15.2 Å². The molecule has 0 saturated heterocycles. The quantitative estimate of drug-likeness (QED) is 0.835. The van der Waals surface area contributed by atoms with Crippen LogP contribution in [0, 0.1) is 6.92 Å². The highest BCUT2D eigenvalue weighted by atomic mass is 16.5. The maximum Gasteiger partial charge on any atom is 0.378 e. The van der Waals surface area contributed by atoms with Gasteiger partial charge in [0.2, 0.25) is 0 Å². The molecule has 2 aromatic rings. The van der Waals surface area contributed by atoms with Crippen molar-refractivity contribution in [3.63, 3.8) is 0 Å². The maximum atomic E-state index is 11.4. The fraction of sp³-hybridized carbons (Fsp3) is 0.308. The lowest BCUT2D eigenvalue weighted by atomic mass is 10.1. The Balaban J connectivity index is 2.09. The van der Waals surface area contributed by atoms with Crippen LogP contribution in [-0.2, 0) is 11.2 Å². The molecule has 5 heteroatoms. The molecule has 0 unspecified atom stereocenters. The van der Waals surface area contributed by atoms with Crippen LogP contribution in [0.3, 0.4) is 0 Å². The number of benzene rings is 1. The third-order valence-electron chi connectivity index (χ3n) is 2.44. The summed E-state index contributed by atoms with van der Waals surface area (Å²) in [5, 5.41) is 6.59. The molecule has 0 aliphatic rings. The van der Waals surface area contributed by atoms with Gasteiger partial charge in [-0.1, -0.05) is 29.8 Å². The number of rotatable bonds is 4. The summed E-state index contributed by atoms with van der Waals surface area (Å²) in [5.41, 5.74) is 2.32. The Labute approximate surface area is 105 Å². The van der Waals surface area contributed by atoms with E-state index in [1.165, 1.54) is 5.56 Å². The number of H-pyrrole nitrogens is 1. The molecule has 0 bridgehead atoms. The van der Waals surface area contributed by atoms with Gasteiger partial charge in [0.1, 0.15) is 5.82 Å². The third kappa shape index (κ3) is 2.94. The summed E-state index contributed by atoms with van der Waals surface area (Å²) < 4.78 is 4.83. The number of nitrogens with one attached hydrogen (secondary N) is 1. The summed E-state index contributed by atoms with van der Waals surface area (Å²) in [7, 11) is 0. The summed E-state index contributed by atoms with van der Waals surface area (Å²) in [6, 6.07) is 8.12. The first-order valence-corrected chi connectivity index (χ1v) is 5.83. The summed E-state index contributed by atoms with van der Waals surface area (Å²) in [6.07, 6.45) is 0.619. The van der Waals surface area contributed by atoms with E-state index in [2.05, 4.69) is 21.2 Å². The van der Waals surface area contributed by atoms with Crippen LogP contribution in [0.2, 0.25) is 0 Å². The van der Waals surface area contributed by atoms with E-state index in [9.17, 15) is 4.79 Å². The van der Waals surface area contributed by atoms with E-state index in [-0.39, 0.29) is 5.82 Å². The fourth-order valence-electron chi connectivity index (χ4n) is 1.68. The number of hydrogen-bond acceptors (Lipinski definition) is 4. The minimum Gasteiger partial charge on any atom is -0.460 e. The lowest BCUT2D eigenvalue weighted by Gasteiger charge is -1.99. The Bertz CT molecular complexity index is 549. The Hall–Kier alpha value is -2.17. The first-order chi connectivity index (χ1) is 8.69. The number of nitrogens with zero attached hydrogens (tertiary/aromatic N) is 2. The molecule has 94 valence electrons. The molecule has 0 fully saturated rings. The highest BCUT2D eigenvalue weighted by molar-refractivity contribution is 5.84. The van der Waals surface area contributed by atoms with Crippen molar-refractivity contribution >= 4 is 5.97 Å². The number of carbonyl (C=O) groups is 1. The third-order valence-corrected chi connectivity index (χ3v) is 2.44. The van der Waals surface area contributed by atoms with Crippen LogP contribution in [0.1, 0.15) is 34.5 Å². The molecule has 1 aromatic heterocycles. The second-order valence-electron chi connectivity index (χ2n) is 3.99. The predicted molar refractivity (Wildman–Crippen MR) is 66.3 cm³/mol. The summed E-state index contributed by atoms with van der Waals surface area (Å²) >= 11 is 0. The Morgan fingerprint density at radius 3 is 3.00 bits per heavy atom. The smallest absolute Gasteiger partial charge is 0.378 e. The second kappa shape index (κ2) is 5.44. The molecule has 1 N–H and O–H groups in total. The zero-order valence-corrected chi connectivity index (χ0v) is 10.4. The molecule has 0 spiro atoms. The van der Waals surface area contributed by atoms with Gasteiger partial charge in [0.25, 0.3) is 5.82 Å². The molecule has 2 rings (SSSR count). The van der Waals surface area contributed by atoms with Crippen molar-refractivity contribution < 1.29 is 9.53 Å². The lowest BCUT2D eigenvalue weighted by Crippen LogP contribution is -2.06. The van der Waals surface area contributed by atoms with Gasteiger partial charge in [0, 0.05) is 6.42 Å². The van der Waals surface area contributed by atoms with Gasteiger partial charge in [-0.25, -0.2) is 9.78 Å². The number of aromatic nitrogens is 3. The minimum absolute atomic E-state index is 0.0829. The number of aromatic amines is 1. The number of aryl methyl sites for hydroxylation is 1. The van der Waals surface area contributed by atoms with Gasteiger partial charge in [-0.15, -0.1) is 5.10 Å². The predicted octanol–water partition coefficient (Wildman–Crippen LogP) is 1.88. The highest BCUT2D eigenvalue weighted by Crippen LogP contribution is 2.08. The normalized spacial score (nSPS) is 10.3. The van der Waals surface area contributed by atoms with Crippen LogP contribution >= 0.6 is 0 Å². The van der Waals surface area contributed by atoms with E-state index in [1.807, 2.05) is 25.1 Å². The van der Waals surface area contributed by atoms with Gasteiger partial charge in [-0.3, -0.25) is 5.10 Å². The van der Waals surface area contributed by atoms with Gasteiger partial charge < -0.3 is 4.74 Å². The number of hydrogen-bond donors (Lipinski definition) is 1. The van der Waals surface area contributed by atoms with E-state index in [0.717, 1.165) is 5.56 Å². The zero-order valence-electron chi connectivity index (χ0n) is 10.4. The molecule has 1 aromatic carbocycles. The monoisotopic (exact) mass is 245 g/mol. The molecule has 5 nitrogen and oxygen atoms in total. The van der Waals surface area contributed by atoms with Crippen molar-refractivity contribution in [1.29, 1.82) is 0 Å². The molecule has 0 saturated carbocycles. The van der Waals surface area contributed by atoms with Crippen molar-refractivity contribution in [2.45, 2.75) is 20.3 Å². The largest absolute Gasteiger partial charge is 0.460 e. The number of esters is 1. The van der Waals surface area contributed by atoms with E-state index >= 15 is 0 Å². The van der Waals surface area contributed by atoms with Crippen LogP contribution in [-0.4, -0.2) is 27.8 Å². The molecule has 0 radical (unpaired) electrons. The molecule has 0 aliphatic heterocycles. The van der Waals surface area contributed by atoms with Gasteiger partial charge in [0.15, 0.2) is 0 Å². The molecule has 0 aliphatic carbocycles. The average molecular weight is 245 g/mol. The Morgan fingerprint density at radius 2 is 2.28 bits per heavy atom. The van der Waals surface area contributed by atoms with E-state index in [0.29, 0.717) is 18.9 Å². The van der Waals surface area contributed by atoms with Gasteiger partial charge >= 0.3 is 5.97 Å². The molecule has 0 amide bonds. The first kappa shape index (κ1) is 12.3. The maximum absolute atomic E-state index is 11.4. The topological polar surface area (TPSA) is 67.9 Å². The van der Waals surface area contributed by atoms with Crippen LogP contribution in [0.4, 0.5) is 0 Å². The standard InChI is InChI=1S/C13H15N3O2/c1-3-18-13(17)12-14-11(15-16-12)8-10-6-4-5-9(2)7-10/h4-7H,3,8H2,1-2H3,(H,14,15,16). The number of ether oxygens (including phenoxy) is 1. The molecule has 0 atom stereocenters. The Morgan fingerprint density at radius 1 is 1.44 bits per heavy atom. The van der Waals surface area contributed by atoms with Crippen molar-refractivity contribution in [3.8, 4) is 0 Å².